The Morgan fingerprint density at radius 1 is 1.45 bits per heavy atom. The summed E-state index contributed by atoms with van der Waals surface area (Å²) in [6.45, 7) is 2.55. The van der Waals surface area contributed by atoms with E-state index < -0.39 is 5.91 Å². The van der Waals surface area contributed by atoms with Gasteiger partial charge in [0, 0.05) is 12.6 Å². The van der Waals surface area contributed by atoms with Gasteiger partial charge in [0.25, 0.3) is 5.91 Å². The number of aliphatic hydroxyl groups is 1. The highest BCUT2D eigenvalue weighted by molar-refractivity contribution is 5.75. The zero-order chi connectivity index (χ0) is 15.0. The summed E-state index contributed by atoms with van der Waals surface area (Å²) >= 11 is 0. The van der Waals surface area contributed by atoms with Gasteiger partial charge in [-0.15, -0.1) is 0 Å². The molecule has 0 aromatic heterocycles. The predicted molar refractivity (Wildman–Crippen MR) is 75.7 cm³/mol. The van der Waals surface area contributed by atoms with Crippen molar-refractivity contribution in [2.45, 2.75) is 25.9 Å². The molecule has 6 nitrogen and oxygen atoms in total. The molecule has 6 heteroatoms. The molecule has 1 aromatic carbocycles. The van der Waals surface area contributed by atoms with Crippen LogP contribution in [0, 0.1) is 0 Å². The van der Waals surface area contributed by atoms with E-state index in [0.717, 1.165) is 12.0 Å². The number of hydrogen-bond donors (Lipinski definition) is 3. The number of ether oxygens (including phenoxy) is 2. The Hall–Kier alpha value is -1.79. The lowest BCUT2D eigenvalue weighted by atomic mass is 10.1. The molecule has 0 saturated carbocycles. The van der Waals surface area contributed by atoms with E-state index in [2.05, 4.69) is 5.32 Å². The Kier molecular flexibility index (Phi) is 6.83. The number of hydrogen-bond acceptors (Lipinski definition) is 5. The smallest absolute Gasteiger partial charge is 0.255 e. The maximum absolute atomic E-state index is 10.7. The van der Waals surface area contributed by atoms with Crippen molar-refractivity contribution in [2.75, 3.05) is 20.3 Å². The summed E-state index contributed by atoms with van der Waals surface area (Å²) in [5.74, 6) is 0.485. The Morgan fingerprint density at radius 2 is 2.20 bits per heavy atom. The third kappa shape index (κ3) is 5.07. The van der Waals surface area contributed by atoms with E-state index in [4.69, 9.17) is 20.3 Å². The van der Waals surface area contributed by atoms with Crippen molar-refractivity contribution in [3.63, 3.8) is 0 Å². The van der Waals surface area contributed by atoms with Gasteiger partial charge in [-0.25, -0.2) is 0 Å². The first-order chi connectivity index (χ1) is 9.60. The van der Waals surface area contributed by atoms with Gasteiger partial charge in [-0.2, -0.15) is 0 Å². The van der Waals surface area contributed by atoms with Crippen LogP contribution < -0.4 is 20.5 Å². The summed E-state index contributed by atoms with van der Waals surface area (Å²) in [4.78, 5) is 10.7. The van der Waals surface area contributed by atoms with Crippen LogP contribution in [-0.4, -0.2) is 37.4 Å². The van der Waals surface area contributed by atoms with Crippen LogP contribution in [-0.2, 0) is 11.3 Å². The van der Waals surface area contributed by atoms with Crippen molar-refractivity contribution in [3.05, 3.63) is 23.8 Å². The summed E-state index contributed by atoms with van der Waals surface area (Å²) in [7, 11) is 1.53. The number of rotatable bonds is 9. The van der Waals surface area contributed by atoms with Crippen LogP contribution in [0.15, 0.2) is 18.2 Å². The lowest BCUT2D eigenvalue weighted by molar-refractivity contribution is -0.119. The highest BCUT2D eigenvalue weighted by Gasteiger charge is 2.08. The zero-order valence-electron chi connectivity index (χ0n) is 11.9. The topological polar surface area (TPSA) is 93.8 Å². The number of benzene rings is 1. The van der Waals surface area contributed by atoms with Crippen LogP contribution in [0.1, 0.15) is 18.9 Å². The van der Waals surface area contributed by atoms with E-state index in [1.165, 1.54) is 7.11 Å². The standard InChI is InChI=1S/C14H22N2O4/c1-3-11(8-17)16-7-10-4-5-12(13(6-10)19-2)20-9-14(15)18/h4-6,11,16-17H,3,7-9H2,1-2H3,(H2,15,18)/t11-/m0/s1. The molecule has 0 radical (unpaired) electrons. The van der Waals surface area contributed by atoms with Crippen LogP contribution in [0.5, 0.6) is 11.5 Å². The van der Waals surface area contributed by atoms with Gasteiger partial charge in [-0.3, -0.25) is 4.79 Å². The lowest BCUT2D eigenvalue weighted by Gasteiger charge is -2.15. The molecule has 0 saturated heterocycles. The minimum atomic E-state index is -0.536. The Morgan fingerprint density at radius 3 is 2.75 bits per heavy atom. The Labute approximate surface area is 118 Å². The monoisotopic (exact) mass is 282 g/mol. The zero-order valence-corrected chi connectivity index (χ0v) is 11.9. The van der Waals surface area contributed by atoms with Crippen LogP contribution >= 0.6 is 0 Å². The largest absolute Gasteiger partial charge is 0.493 e. The summed E-state index contributed by atoms with van der Waals surface area (Å²) in [6, 6.07) is 5.51. The number of amides is 1. The number of carbonyl (C=O) groups is 1. The Balaban J connectivity index is 2.68. The molecule has 0 fully saturated rings. The number of nitrogens with one attached hydrogen (secondary N) is 1. The molecule has 0 spiro atoms. The first-order valence-electron chi connectivity index (χ1n) is 6.53. The highest BCUT2D eigenvalue weighted by Crippen LogP contribution is 2.28. The lowest BCUT2D eigenvalue weighted by Crippen LogP contribution is -2.31. The maximum Gasteiger partial charge on any atom is 0.255 e. The van der Waals surface area contributed by atoms with Gasteiger partial charge in [0.2, 0.25) is 0 Å². The van der Waals surface area contributed by atoms with Crippen molar-refractivity contribution in [1.82, 2.24) is 5.32 Å². The van der Waals surface area contributed by atoms with Crippen molar-refractivity contribution >= 4 is 5.91 Å². The minimum Gasteiger partial charge on any atom is -0.493 e. The number of nitrogens with two attached hydrogens (primary N) is 1. The predicted octanol–water partition coefficient (Wildman–Crippen LogP) is 0.420. The first kappa shape index (κ1) is 16.3. The third-order valence-corrected chi connectivity index (χ3v) is 2.91. The molecular formula is C14H22N2O4. The van der Waals surface area contributed by atoms with Crippen molar-refractivity contribution in [2.24, 2.45) is 5.73 Å². The van der Waals surface area contributed by atoms with Crippen LogP contribution in [0.2, 0.25) is 0 Å². The van der Waals surface area contributed by atoms with Gasteiger partial charge in [-0.1, -0.05) is 13.0 Å². The molecule has 112 valence electrons. The Bertz CT molecular complexity index is 433. The average Bonchev–Trinajstić information content (AvgIpc) is 2.46. The van der Waals surface area contributed by atoms with Crippen LogP contribution in [0.4, 0.5) is 0 Å². The number of aliphatic hydroxyl groups excluding tert-OH is 1. The molecule has 0 aliphatic heterocycles. The second kappa shape index (κ2) is 8.39. The number of methoxy groups -OCH3 is 1. The molecule has 0 unspecified atom stereocenters. The summed E-state index contributed by atoms with van der Waals surface area (Å²) in [6.07, 6.45) is 0.855. The first-order valence-corrected chi connectivity index (χ1v) is 6.53. The molecule has 0 aliphatic rings. The van der Waals surface area contributed by atoms with Gasteiger partial charge in [0.05, 0.1) is 13.7 Å². The molecule has 0 aliphatic carbocycles. The van der Waals surface area contributed by atoms with E-state index in [-0.39, 0.29) is 19.3 Å². The fraction of sp³-hybridized carbons (Fsp3) is 0.500. The fourth-order valence-corrected chi connectivity index (χ4v) is 1.69. The molecule has 1 aromatic rings. The van der Waals surface area contributed by atoms with Crippen molar-refractivity contribution < 1.29 is 19.4 Å². The molecule has 1 atom stereocenters. The summed E-state index contributed by atoms with van der Waals surface area (Å²) in [5.41, 5.74) is 6.04. The quantitative estimate of drug-likeness (QED) is 0.610. The summed E-state index contributed by atoms with van der Waals surface area (Å²) < 4.78 is 10.5. The molecular weight excluding hydrogens is 260 g/mol. The molecule has 1 rings (SSSR count). The van der Waals surface area contributed by atoms with Crippen LogP contribution in [0.25, 0.3) is 0 Å². The molecule has 0 bridgehead atoms. The maximum atomic E-state index is 10.7. The van der Waals surface area contributed by atoms with Gasteiger partial charge >= 0.3 is 0 Å². The summed E-state index contributed by atoms with van der Waals surface area (Å²) in [5, 5.41) is 12.4. The third-order valence-electron chi connectivity index (χ3n) is 2.91. The van der Waals surface area contributed by atoms with E-state index in [1.807, 2.05) is 19.1 Å². The van der Waals surface area contributed by atoms with E-state index >= 15 is 0 Å². The number of primary amides is 1. The second-order valence-corrected chi connectivity index (χ2v) is 4.41. The van der Waals surface area contributed by atoms with Gasteiger partial charge in [0.1, 0.15) is 0 Å². The average molecular weight is 282 g/mol. The molecule has 1 amide bonds. The van der Waals surface area contributed by atoms with E-state index in [0.29, 0.717) is 18.0 Å². The second-order valence-electron chi connectivity index (χ2n) is 4.41. The molecule has 0 heterocycles. The number of carbonyl (C=O) groups excluding carboxylic acids is 1. The van der Waals surface area contributed by atoms with Gasteiger partial charge < -0.3 is 25.6 Å². The van der Waals surface area contributed by atoms with Crippen LogP contribution in [0.3, 0.4) is 0 Å². The normalized spacial score (nSPS) is 11.9. The van der Waals surface area contributed by atoms with E-state index in [1.54, 1.807) is 6.07 Å². The highest BCUT2D eigenvalue weighted by atomic mass is 16.5. The van der Waals surface area contributed by atoms with Crippen molar-refractivity contribution in [1.29, 1.82) is 0 Å². The van der Waals surface area contributed by atoms with Gasteiger partial charge in [-0.05, 0) is 24.1 Å². The van der Waals surface area contributed by atoms with Gasteiger partial charge in [0.15, 0.2) is 18.1 Å². The fourth-order valence-electron chi connectivity index (χ4n) is 1.69. The van der Waals surface area contributed by atoms with E-state index in [9.17, 15) is 4.79 Å². The van der Waals surface area contributed by atoms with Crippen molar-refractivity contribution in [3.8, 4) is 11.5 Å². The molecule has 4 N–H and O–H groups in total. The SMILES string of the molecule is CC[C@@H](CO)NCc1ccc(OCC(N)=O)c(OC)c1. The molecule has 20 heavy (non-hydrogen) atoms. The minimum absolute atomic E-state index is 0.0757.